The number of rotatable bonds is 8. The molecule has 4 bridgehead atoms. The highest BCUT2D eigenvalue weighted by atomic mass is 16.6. The minimum Gasteiger partial charge on any atom is -0.481 e. The van der Waals surface area contributed by atoms with E-state index >= 15 is 0 Å². The van der Waals surface area contributed by atoms with E-state index in [1.54, 1.807) is 0 Å². The van der Waals surface area contributed by atoms with E-state index in [1.165, 1.54) is 64.9 Å². The lowest BCUT2D eigenvalue weighted by Crippen LogP contribution is -2.59. The number of fused-ring (bicyclic) bond motifs is 5. The van der Waals surface area contributed by atoms with Crippen LogP contribution in [0.15, 0.2) is 34.2 Å². The largest absolute Gasteiger partial charge is 0.481 e. The predicted octanol–water partition coefficient (Wildman–Crippen LogP) is 5.77. The lowest BCUT2D eigenvalue weighted by atomic mass is 9.64. The second kappa shape index (κ2) is 11.6. The summed E-state index contributed by atoms with van der Waals surface area (Å²) in [6.07, 6.45) is 13.9. The van der Waals surface area contributed by atoms with Crippen LogP contribution >= 0.6 is 0 Å². The fourth-order valence-corrected chi connectivity index (χ4v) is 8.97. The van der Waals surface area contributed by atoms with Gasteiger partial charge in [-0.15, -0.1) is 0 Å². The third-order valence-electron chi connectivity index (χ3n) is 10.4. The molecule has 2 saturated heterocycles. The van der Waals surface area contributed by atoms with Crippen molar-refractivity contribution in [1.29, 1.82) is 0 Å². The summed E-state index contributed by atoms with van der Waals surface area (Å²) in [7, 11) is 1.42. The van der Waals surface area contributed by atoms with E-state index in [9.17, 15) is 14.7 Å². The number of para-hydroxylation sites is 2. The van der Waals surface area contributed by atoms with E-state index < -0.39 is 5.97 Å². The molecule has 1 aromatic heterocycles. The van der Waals surface area contributed by atoms with Gasteiger partial charge in [0.25, 0.3) is 5.56 Å². The highest BCUT2D eigenvalue weighted by Crippen LogP contribution is 2.49. The normalized spacial score (nSPS) is 32.6. The fraction of sp³-hybridized carbons (Fsp3) is 0.688. The molecule has 2 aliphatic carbocycles. The third kappa shape index (κ3) is 5.31. The van der Waals surface area contributed by atoms with Gasteiger partial charge in [0.1, 0.15) is 12.8 Å². The van der Waals surface area contributed by atoms with Crippen LogP contribution in [-0.2, 0) is 9.63 Å². The van der Waals surface area contributed by atoms with Gasteiger partial charge < -0.3 is 14.5 Å². The van der Waals surface area contributed by atoms with Crippen molar-refractivity contribution in [3.8, 4) is 0 Å². The van der Waals surface area contributed by atoms with Crippen molar-refractivity contribution >= 4 is 22.7 Å². The fourth-order valence-electron chi connectivity index (χ4n) is 8.97. The Bertz CT molecular complexity index is 1290. The summed E-state index contributed by atoms with van der Waals surface area (Å²) in [5.74, 6) is 1.76. The van der Waals surface area contributed by atoms with Crippen LogP contribution in [0.4, 0.5) is 0 Å². The predicted molar refractivity (Wildman–Crippen MR) is 156 cm³/mol. The minimum atomic E-state index is -0.942. The van der Waals surface area contributed by atoms with Gasteiger partial charge in [-0.05, 0) is 87.7 Å². The average Bonchev–Trinajstić information content (AvgIpc) is 2.93. The Kier molecular flexibility index (Phi) is 7.98. The molecule has 2 aromatic rings. The summed E-state index contributed by atoms with van der Waals surface area (Å²) in [6.45, 7) is 2.37. The lowest BCUT2D eigenvalue weighted by Gasteiger charge is -2.56. The van der Waals surface area contributed by atoms with Gasteiger partial charge in [-0.3, -0.25) is 14.5 Å². The van der Waals surface area contributed by atoms with Gasteiger partial charge in [0.2, 0.25) is 0 Å². The van der Waals surface area contributed by atoms with Crippen molar-refractivity contribution in [2.75, 3.05) is 7.11 Å². The third-order valence-corrected chi connectivity index (χ3v) is 10.4. The lowest BCUT2D eigenvalue weighted by molar-refractivity contribution is -0.136. The van der Waals surface area contributed by atoms with Crippen molar-refractivity contribution in [3.63, 3.8) is 0 Å². The molecule has 8 nitrogen and oxygen atoms in total. The molecular formula is C32H44N4O4. The molecule has 4 aliphatic rings. The van der Waals surface area contributed by atoms with Crippen LogP contribution in [-0.4, -0.2) is 56.5 Å². The summed E-state index contributed by atoms with van der Waals surface area (Å²) in [5, 5.41) is 13.3. The van der Waals surface area contributed by atoms with Gasteiger partial charge in [0.15, 0.2) is 5.69 Å². The first-order chi connectivity index (χ1) is 19.4. The summed E-state index contributed by atoms with van der Waals surface area (Å²) in [6, 6.07) is 9.60. The number of nitrogens with zero attached hydrogens (tertiary/aromatic N) is 4. The zero-order valence-corrected chi connectivity index (χ0v) is 24.0. The van der Waals surface area contributed by atoms with Gasteiger partial charge >= 0.3 is 5.97 Å². The molecule has 0 radical (unpaired) electrons. The molecule has 3 unspecified atom stereocenters. The standard InChI is InChI=1S/C32H44N4O4/c1-3-20-13-21-15-22(14-20)17-25(16-21)35-23-7-6-8-24(35)19-26(18-23)36-29-10-5-4-9-27(29)33-31(32(36)39)28(34-40-2)11-12-30(37)38/h4-5,9-10,20-26H,3,6-8,11-19H2,1-2H3,(H,37,38)/t20?,21-,22+,23-,24+,25?,26?. The van der Waals surface area contributed by atoms with Crippen molar-refractivity contribution in [2.24, 2.45) is 22.9 Å². The zero-order valence-electron chi connectivity index (χ0n) is 24.0. The number of aliphatic carboxylic acids is 1. The van der Waals surface area contributed by atoms with Crippen LogP contribution in [0.25, 0.3) is 11.0 Å². The van der Waals surface area contributed by atoms with E-state index in [2.05, 4.69) is 22.0 Å². The van der Waals surface area contributed by atoms with Crippen molar-refractivity contribution in [3.05, 3.63) is 40.3 Å². The van der Waals surface area contributed by atoms with Crippen molar-refractivity contribution < 1.29 is 14.7 Å². The Hall–Kier alpha value is -2.74. The quantitative estimate of drug-likeness (QED) is 0.332. The Morgan fingerprint density at radius 1 is 0.975 bits per heavy atom. The molecule has 6 rings (SSSR count). The minimum absolute atomic E-state index is 0.0848. The number of carboxylic acids is 1. The SMILES string of the molecule is CCC1C[C@@H]2CC(N3[C@@H]4CCC[C@H]3CC(n3c(=O)c(C(CCC(=O)O)=NOC)nc5ccccc53)C4)C[C@H](C1)C2. The monoisotopic (exact) mass is 548 g/mol. The Labute approximate surface area is 236 Å². The van der Waals surface area contributed by atoms with Crippen LogP contribution < -0.4 is 5.56 Å². The highest BCUT2D eigenvalue weighted by Gasteiger charge is 2.46. The smallest absolute Gasteiger partial charge is 0.303 e. The summed E-state index contributed by atoms with van der Waals surface area (Å²) < 4.78 is 1.97. The van der Waals surface area contributed by atoms with Crippen LogP contribution in [0.1, 0.15) is 102 Å². The second-order valence-corrected chi connectivity index (χ2v) is 12.9. The molecule has 8 heteroatoms. The molecule has 40 heavy (non-hydrogen) atoms. The topological polar surface area (TPSA) is 97.0 Å². The Morgan fingerprint density at radius 3 is 2.33 bits per heavy atom. The maximum atomic E-state index is 14.1. The van der Waals surface area contributed by atoms with E-state index in [-0.39, 0.29) is 30.1 Å². The molecule has 1 aromatic carbocycles. The van der Waals surface area contributed by atoms with Crippen LogP contribution in [0.2, 0.25) is 0 Å². The van der Waals surface area contributed by atoms with Gasteiger partial charge in [-0.25, -0.2) is 4.98 Å². The molecule has 7 atom stereocenters. The molecule has 1 N–H and O–H groups in total. The van der Waals surface area contributed by atoms with Crippen molar-refractivity contribution in [1.82, 2.24) is 14.5 Å². The van der Waals surface area contributed by atoms with Crippen LogP contribution in [0, 0.1) is 17.8 Å². The van der Waals surface area contributed by atoms with Crippen LogP contribution in [0.5, 0.6) is 0 Å². The second-order valence-electron chi connectivity index (χ2n) is 12.9. The number of hydrogen-bond donors (Lipinski definition) is 1. The number of hydrogen-bond acceptors (Lipinski definition) is 6. The first kappa shape index (κ1) is 27.4. The zero-order chi connectivity index (χ0) is 27.8. The van der Waals surface area contributed by atoms with E-state index in [1.807, 2.05) is 28.8 Å². The molecule has 2 saturated carbocycles. The number of oxime groups is 1. The van der Waals surface area contributed by atoms with Gasteiger partial charge in [-0.2, -0.15) is 0 Å². The molecule has 2 aliphatic heterocycles. The van der Waals surface area contributed by atoms with E-state index in [4.69, 9.17) is 4.84 Å². The summed E-state index contributed by atoms with van der Waals surface area (Å²) in [4.78, 5) is 38.1. The summed E-state index contributed by atoms with van der Waals surface area (Å²) >= 11 is 0. The molecule has 0 amide bonds. The molecule has 4 fully saturated rings. The molecule has 3 heterocycles. The number of carbonyl (C=O) groups is 1. The molecule has 0 spiro atoms. The number of carboxylic acid groups (broad SMARTS) is 1. The van der Waals surface area contributed by atoms with Crippen molar-refractivity contribution in [2.45, 2.75) is 115 Å². The first-order valence-corrected chi connectivity index (χ1v) is 15.6. The van der Waals surface area contributed by atoms with Gasteiger partial charge in [-0.1, -0.05) is 37.1 Å². The Balaban J connectivity index is 1.32. The maximum Gasteiger partial charge on any atom is 0.303 e. The van der Waals surface area contributed by atoms with E-state index in [0.29, 0.717) is 23.8 Å². The number of piperidine rings is 2. The van der Waals surface area contributed by atoms with Crippen LogP contribution in [0.3, 0.4) is 0 Å². The number of benzene rings is 1. The first-order valence-electron chi connectivity index (χ1n) is 15.6. The average molecular weight is 549 g/mol. The Morgan fingerprint density at radius 2 is 1.68 bits per heavy atom. The molecular weight excluding hydrogens is 504 g/mol. The van der Waals surface area contributed by atoms with E-state index in [0.717, 1.165) is 41.6 Å². The maximum absolute atomic E-state index is 14.1. The van der Waals surface area contributed by atoms with Gasteiger partial charge in [0.05, 0.1) is 17.5 Å². The molecule has 216 valence electrons. The highest BCUT2D eigenvalue weighted by molar-refractivity contribution is 6.00. The number of aromatic nitrogens is 2. The van der Waals surface area contributed by atoms with Gasteiger partial charge in [0, 0.05) is 30.6 Å². The summed E-state index contributed by atoms with van der Waals surface area (Å²) in [5.41, 5.74) is 1.90.